The van der Waals surface area contributed by atoms with E-state index in [4.69, 9.17) is 5.26 Å². The van der Waals surface area contributed by atoms with E-state index >= 15 is 0 Å². The molecule has 0 aliphatic rings. The topological polar surface area (TPSA) is 73.1 Å². The largest absolute Gasteiger partial charge is 0.480 e. The highest BCUT2D eigenvalue weighted by Gasteiger charge is 2.31. The molecule has 0 saturated heterocycles. The van der Waals surface area contributed by atoms with E-state index in [9.17, 15) is 9.90 Å². The summed E-state index contributed by atoms with van der Waals surface area (Å²) in [5, 5.41) is 21.0. The fourth-order valence-corrected chi connectivity index (χ4v) is 1.77. The van der Waals surface area contributed by atoms with Crippen molar-refractivity contribution in [1.29, 1.82) is 5.26 Å². The average Bonchev–Trinajstić information content (AvgIpc) is 2.37. The van der Waals surface area contributed by atoms with Gasteiger partial charge in [0.2, 0.25) is 0 Å². The molecule has 18 heavy (non-hydrogen) atoms. The van der Waals surface area contributed by atoms with Crippen molar-refractivity contribution in [2.45, 2.75) is 38.8 Å². The molecule has 1 aromatic rings. The molecule has 0 spiro atoms. The summed E-state index contributed by atoms with van der Waals surface area (Å²) in [5.74, 6) is -0.835. The van der Waals surface area contributed by atoms with Gasteiger partial charge in [-0.05, 0) is 31.0 Å². The zero-order valence-corrected chi connectivity index (χ0v) is 10.7. The Morgan fingerprint density at radius 2 is 2.06 bits per heavy atom. The lowest BCUT2D eigenvalue weighted by atomic mass is 9.96. The molecule has 0 aromatic heterocycles. The second-order valence-corrected chi connectivity index (χ2v) is 4.55. The van der Waals surface area contributed by atoms with E-state index in [0.29, 0.717) is 18.5 Å². The first-order chi connectivity index (χ1) is 8.51. The third kappa shape index (κ3) is 3.57. The van der Waals surface area contributed by atoms with Gasteiger partial charge in [0.1, 0.15) is 5.54 Å². The van der Waals surface area contributed by atoms with Crippen LogP contribution in [-0.2, 0) is 11.3 Å². The highest BCUT2D eigenvalue weighted by molar-refractivity contribution is 5.78. The van der Waals surface area contributed by atoms with Crippen molar-refractivity contribution < 1.29 is 9.90 Å². The summed E-state index contributed by atoms with van der Waals surface area (Å²) in [7, 11) is 0. The van der Waals surface area contributed by atoms with Crippen molar-refractivity contribution in [3.63, 3.8) is 0 Å². The highest BCUT2D eigenvalue weighted by atomic mass is 16.4. The van der Waals surface area contributed by atoms with Crippen molar-refractivity contribution >= 4 is 5.97 Å². The standard InChI is InChI=1S/C14H18N2O2/c1-3-8-14(2,13(17)18)16-10-12-6-4-11(9-15)5-7-12/h4-7,16H,3,8,10H2,1-2H3,(H,17,18). The van der Waals surface area contributed by atoms with Gasteiger partial charge >= 0.3 is 5.97 Å². The first kappa shape index (κ1) is 14.2. The van der Waals surface area contributed by atoms with Gasteiger partial charge in [0, 0.05) is 6.54 Å². The molecule has 0 radical (unpaired) electrons. The van der Waals surface area contributed by atoms with Crippen molar-refractivity contribution in [3.05, 3.63) is 35.4 Å². The lowest BCUT2D eigenvalue weighted by Crippen LogP contribution is -2.48. The number of nitrogens with one attached hydrogen (secondary N) is 1. The predicted molar refractivity (Wildman–Crippen MR) is 68.9 cm³/mol. The number of carboxylic acid groups (broad SMARTS) is 1. The Labute approximate surface area is 107 Å². The highest BCUT2D eigenvalue weighted by Crippen LogP contribution is 2.14. The summed E-state index contributed by atoms with van der Waals surface area (Å²) in [4.78, 5) is 11.2. The monoisotopic (exact) mass is 246 g/mol. The SMILES string of the molecule is CCCC(C)(NCc1ccc(C#N)cc1)C(=O)O. The van der Waals surface area contributed by atoms with Gasteiger partial charge < -0.3 is 5.11 Å². The Bertz CT molecular complexity index is 448. The first-order valence-corrected chi connectivity index (χ1v) is 5.99. The summed E-state index contributed by atoms with van der Waals surface area (Å²) >= 11 is 0. The normalized spacial score (nSPS) is 13.6. The van der Waals surface area contributed by atoms with E-state index in [-0.39, 0.29) is 0 Å². The summed E-state index contributed by atoms with van der Waals surface area (Å²) in [6.45, 7) is 4.14. The third-order valence-corrected chi connectivity index (χ3v) is 2.99. The van der Waals surface area contributed by atoms with E-state index in [1.54, 1.807) is 19.1 Å². The van der Waals surface area contributed by atoms with Gasteiger partial charge in [-0.15, -0.1) is 0 Å². The molecule has 1 rings (SSSR count). The Morgan fingerprint density at radius 1 is 1.44 bits per heavy atom. The number of aliphatic carboxylic acids is 1. The maximum Gasteiger partial charge on any atom is 0.323 e. The molecule has 96 valence electrons. The van der Waals surface area contributed by atoms with E-state index in [1.165, 1.54) is 0 Å². The molecule has 0 saturated carbocycles. The van der Waals surface area contributed by atoms with Gasteiger partial charge in [0.05, 0.1) is 11.6 Å². The van der Waals surface area contributed by atoms with Crippen LogP contribution in [0.2, 0.25) is 0 Å². The molecule has 0 bridgehead atoms. The molecule has 4 nitrogen and oxygen atoms in total. The van der Waals surface area contributed by atoms with E-state index < -0.39 is 11.5 Å². The minimum absolute atomic E-state index is 0.481. The molecule has 0 amide bonds. The molecule has 0 aliphatic carbocycles. The molecule has 1 unspecified atom stereocenters. The lowest BCUT2D eigenvalue weighted by molar-refractivity contribution is -0.144. The summed E-state index contributed by atoms with van der Waals surface area (Å²) in [5.41, 5.74) is 0.675. The quantitative estimate of drug-likeness (QED) is 0.807. The third-order valence-electron chi connectivity index (χ3n) is 2.99. The Kier molecular flexibility index (Phi) is 4.87. The smallest absolute Gasteiger partial charge is 0.323 e. The number of hydrogen-bond acceptors (Lipinski definition) is 3. The minimum atomic E-state index is -0.900. The maximum absolute atomic E-state index is 11.2. The van der Waals surface area contributed by atoms with Crippen molar-refractivity contribution in [1.82, 2.24) is 5.32 Å². The van der Waals surface area contributed by atoms with Crippen LogP contribution in [0.4, 0.5) is 0 Å². The van der Waals surface area contributed by atoms with E-state index in [1.807, 2.05) is 19.1 Å². The van der Waals surface area contributed by atoms with Crippen LogP contribution in [0.1, 0.15) is 37.8 Å². The average molecular weight is 246 g/mol. The Balaban J connectivity index is 2.67. The van der Waals surface area contributed by atoms with Gasteiger partial charge in [-0.2, -0.15) is 5.26 Å². The molecular formula is C14H18N2O2. The van der Waals surface area contributed by atoms with Gasteiger partial charge in [-0.3, -0.25) is 10.1 Å². The molecule has 0 fully saturated rings. The summed E-state index contributed by atoms with van der Waals surface area (Å²) < 4.78 is 0. The fraction of sp³-hybridized carbons (Fsp3) is 0.429. The molecule has 0 heterocycles. The van der Waals surface area contributed by atoms with Crippen LogP contribution in [0, 0.1) is 11.3 Å². The second-order valence-electron chi connectivity index (χ2n) is 4.55. The van der Waals surface area contributed by atoms with Gasteiger partial charge in [-0.25, -0.2) is 0 Å². The van der Waals surface area contributed by atoms with Crippen molar-refractivity contribution in [2.75, 3.05) is 0 Å². The molecule has 1 atom stereocenters. The van der Waals surface area contributed by atoms with Crippen LogP contribution in [0.25, 0.3) is 0 Å². The molecule has 4 heteroatoms. The van der Waals surface area contributed by atoms with Gasteiger partial charge in [0.25, 0.3) is 0 Å². The predicted octanol–water partition coefficient (Wildman–Crippen LogP) is 2.29. The summed E-state index contributed by atoms with van der Waals surface area (Å²) in [6.07, 6.45) is 1.39. The van der Waals surface area contributed by atoms with Crippen LogP contribution in [-0.4, -0.2) is 16.6 Å². The van der Waals surface area contributed by atoms with Gasteiger partial charge in [-0.1, -0.05) is 25.5 Å². The zero-order chi connectivity index (χ0) is 13.6. The number of carbonyl (C=O) groups is 1. The van der Waals surface area contributed by atoms with Crippen LogP contribution in [0.5, 0.6) is 0 Å². The second kappa shape index (κ2) is 6.18. The van der Waals surface area contributed by atoms with Gasteiger partial charge in [0.15, 0.2) is 0 Å². The summed E-state index contributed by atoms with van der Waals surface area (Å²) in [6, 6.07) is 9.18. The van der Waals surface area contributed by atoms with Crippen molar-refractivity contribution in [3.8, 4) is 6.07 Å². The van der Waals surface area contributed by atoms with Crippen LogP contribution in [0.3, 0.4) is 0 Å². The molecule has 0 aliphatic heterocycles. The first-order valence-electron chi connectivity index (χ1n) is 5.99. The van der Waals surface area contributed by atoms with Crippen LogP contribution >= 0.6 is 0 Å². The number of benzene rings is 1. The van der Waals surface area contributed by atoms with Crippen molar-refractivity contribution in [2.24, 2.45) is 0 Å². The number of carboxylic acids is 1. The lowest BCUT2D eigenvalue weighted by Gasteiger charge is -2.25. The zero-order valence-electron chi connectivity index (χ0n) is 10.7. The number of hydrogen-bond donors (Lipinski definition) is 2. The molecule has 2 N–H and O–H groups in total. The Morgan fingerprint density at radius 3 is 2.50 bits per heavy atom. The molecular weight excluding hydrogens is 228 g/mol. The number of nitriles is 1. The van der Waals surface area contributed by atoms with E-state index in [0.717, 1.165) is 12.0 Å². The minimum Gasteiger partial charge on any atom is -0.480 e. The Hall–Kier alpha value is -1.86. The maximum atomic E-state index is 11.2. The fourth-order valence-electron chi connectivity index (χ4n) is 1.77. The van der Waals surface area contributed by atoms with Crippen LogP contribution in [0.15, 0.2) is 24.3 Å². The molecule has 1 aromatic carbocycles. The number of rotatable bonds is 6. The van der Waals surface area contributed by atoms with E-state index in [2.05, 4.69) is 11.4 Å². The number of nitrogens with zero attached hydrogens (tertiary/aromatic N) is 1. The van der Waals surface area contributed by atoms with Crippen LogP contribution < -0.4 is 5.32 Å².